The highest BCUT2D eigenvalue weighted by Crippen LogP contribution is 2.43. The van der Waals surface area contributed by atoms with Gasteiger partial charge in [-0.1, -0.05) is 0 Å². The number of carboxylic acid groups (broad SMARTS) is 1. The summed E-state index contributed by atoms with van der Waals surface area (Å²) in [5, 5.41) is 11.5. The number of nitrogens with one attached hydrogen (secondary N) is 1. The Bertz CT molecular complexity index is 284. The third-order valence-electron chi connectivity index (χ3n) is 3.52. The zero-order chi connectivity index (χ0) is 10.3. The minimum atomic E-state index is -0.850. The van der Waals surface area contributed by atoms with Crippen LogP contribution in [0.2, 0.25) is 0 Å². The molecule has 1 aliphatic heterocycles. The second kappa shape index (κ2) is 2.87. The Morgan fingerprint density at radius 1 is 1.71 bits per heavy atom. The Morgan fingerprint density at radius 2 is 2.36 bits per heavy atom. The van der Waals surface area contributed by atoms with E-state index in [1.54, 1.807) is 11.9 Å². The molecule has 0 radical (unpaired) electrons. The predicted octanol–water partition coefficient (Wildman–Crippen LogP) is 0.407. The molecule has 2 N–H and O–H groups in total. The van der Waals surface area contributed by atoms with Gasteiger partial charge < -0.3 is 15.3 Å². The molecule has 1 saturated heterocycles. The summed E-state index contributed by atoms with van der Waals surface area (Å²) in [5.74, 6) is -0.850. The van der Waals surface area contributed by atoms with Crippen LogP contribution >= 0.6 is 0 Å². The van der Waals surface area contributed by atoms with Crippen molar-refractivity contribution >= 4 is 12.0 Å². The van der Waals surface area contributed by atoms with Gasteiger partial charge in [-0.05, 0) is 19.3 Å². The maximum atomic E-state index is 11.4. The maximum Gasteiger partial charge on any atom is 0.317 e. The van der Waals surface area contributed by atoms with Gasteiger partial charge in [-0.3, -0.25) is 4.79 Å². The van der Waals surface area contributed by atoms with Crippen molar-refractivity contribution in [1.82, 2.24) is 10.2 Å². The molecule has 2 aliphatic rings. The molecule has 2 rings (SSSR count). The molecule has 0 bridgehead atoms. The van der Waals surface area contributed by atoms with E-state index in [0.717, 1.165) is 19.3 Å². The van der Waals surface area contributed by atoms with E-state index in [2.05, 4.69) is 5.32 Å². The fourth-order valence-corrected chi connectivity index (χ4v) is 2.45. The first kappa shape index (κ1) is 9.30. The Hall–Kier alpha value is -1.26. The van der Waals surface area contributed by atoms with Crippen molar-refractivity contribution in [2.24, 2.45) is 0 Å². The van der Waals surface area contributed by atoms with Crippen LogP contribution in [0.1, 0.15) is 25.7 Å². The molecule has 1 heterocycles. The number of rotatable bonds is 2. The first-order chi connectivity index (χ1) is 6.56. The van der Waals surface area contributed by atoms with Crippen molar-refractivity contribution in [3.8, 4) is 0 Å². The summed E-state index contributed by atoms with van der Waals surface area (Å²) >= 11 is 0. The number of nitrogens with zero attached hydrogens (tertiary/aromatic N) is 1. The highest BCUT2D eigenvalue weighted by Gasteiger charge is 2.54. The summed E-state index contributed by atoms with van der Waals surface area (Å²) in [6.07, 6.45) is 2.94. The van der Waals surface area contributed by atoms with Gasteiger partial charge in [-0.15, -0.1) is 0 Å². The number of amides is 2. The number of likely N-dealkylation sites (N-methyl/N-ethyl adjacent to an activating group) is 1. The van der Waals surface area contributed by atoms with E-state index in [4.69, 9.17) is 5.11 Å². The molecule has 2 fully saturated rings. The van der Waals surface area contributed by atoms with Crippen LogP contribution in [-0.2, 0) is 4.79 Å². The van der Waals surface area contributed by atoms with Crippen molar-refractivity contribution in [2.45, 2.75) is 37.3 Å². The molecule has 5 heteroatoms. The van der Waals surface area contributed by atoms with Crippen LogP contribution < -0.4 is 5.32 Å². The summed E-state index contributed by atoms with van der Waals surface area (Å²) in [6.45, 7) is 0. The fourth-order valence-electron chi connectivity index (χ4n) is 2.45. The van der Waals surface area contributed by atoms with Crippen LogP contribution in [0.25, 0.3) is 0 Å². The number of hydrogen-bond acceptors (Lipinski definition) is 2. The first-order valence-corrected chi connectivity index (χ1v) is 4.82. The molecule has 0 aromatic rings. The van der Waals surface area contributed by atoms with Crippen molar-refractivity contribution in [1.29, 1.82) is 0 Å². The Balaban J connectivity index is 2.17. The minimum absolute atomic E-state index is 0.0239. The molecule has 0 aromatic carbocycles. The maximum absolute atomic E-state index is 11.4. The van der Waals surface area contributed by atoms with Crippen molar-refractivity contribution < 1.29 is 14.7 Å². The standard InChI is InChI=1S/C9H14N2O3/c1-11-8(14)10-6(5-7(12)13)9(11)3-2-4-9/h6H,2-5H2,1H3,(H,10,14)(H,12,13)/t6-/m1/s1. The van der Waals surface area contributed by atoms with Crippen LogP contribution in [0.5, 0.6) is 0 Å². The van der Waals surface area contributed by atoms with Crippen molar-refractivity contribution in [3.63, 3.8) is 0 Å². The van der Waals surface area contributed by atoms with Gasteiger partial charge in [-0.2, -0.15) is 0 Å². The summed E-state index contributed by atoms with van der Waals surface area (Å²) in [4.78, 5) is 23.7. The monoisotopic (exact) mass is 198 g/mol. The second-order valence-corrected chi connectivity index (χ2v) is 4.12. The average molecular weight is 198 g/mol. The largest absolute Gasteiger partial charge is 0.481 e. The van der Waals surface area contributed by atoms with Gasteiger partial charge in [0.15, 0.2) is 0 Å². The van der Waals surface area contributed by atoms with Crippen LogP contribution in [0, 0.1) is 0 Å². The SMILES string of the molecule is CN1C(=O)N[C@H](CC(=O)O)C12CCC2. The fraction of sp³-hybridized carbons (Fsp3) is 0.778. The van der Waals surface area contributed by atoms with Gasteiger partial charge in [0.25, 0.3) is 0 Å². The molecule has 78 valence electrons. The molecule has 1 saturated carbocycles. The van der Waals surface area contributed by atoms with E-state index in [1.807, 2.05) is 0 Å². The highest BCUT2D eigenvalue weighted by molar-refractivity contribution is 5.80. The van der Waals surface area contributed by atoms with Crippen LogP contribution in [0.4, 0.5) is 4.79 Å². The lowest BCUT2D eigenvalue weighted by molar-refractivity contribution is -0.138. The highest BCUT2D eigenvalue weighted by atomic mass is 16.4. The number of aliphatic carboxylic acids is 1. The Labute approximate surface area is 82.1 Å². The minimum Gasteiger partial charge on any atom is -0.481 e. The zero-order valence-corrected chi connectivity index (χ0v) is 8.12. The average Bonchev–Trinajstić information content (AvgIpc) is 2.22. The van der Waals surface area contributed by atoms with Gasteiger partial charge in [0.2, 0.25) is 0 Å². The van der Waals surface area contributed by atoms with Crippen LogP contribution in [0.3, 0.4) is 0 Å². The zero-order valence-electron chi connectivity index (χ0n) is 8.12. The van der Waals surface area contributed by atoms with E-state index < -0.39 is 5.97 Å². The number of hydrogen-bond donors (Lipinski definition) is 2. The topological polar surface area (TPSA) is 69.6 Å². The van der Waals surface area contributed by atoms with Gasteiger partial charge in [0.1, 0.15) is 0 Å². The van der Waals surface area contributed by atoms with E-state index in [1.165, 1.54) is 0 Å². The van der Waals surface area contributed by atoms with E-state index in [0.29, 0.717) is 0 Å². The van der Waals surface area contributed by atoms with E-state index in [-0.39, 0.29) is 24.0 Å². The van der Waals surface area contributed by atoms with Crippen molar-refractivity contribution in [3.05, 3.63) is 0 Å². The lowest BCUT2D eigenvalue weighted by Crippen LogP contribution is -2.55. The molecule has 0 aromatic heterocycles. The quantitative estimate of drug-likeness (QED) is 0.675. The molecular weight excluding hydrogens is 184 g/mol. The summed E-state index contributed by atoms with van der Waals surface area (Å²) in [6, 6.07) is -0.359. The molecule has 14 heavy (non-hydrogen) atoms. The molecule has 2 amide bonds. The van der Waals surface area contributed by atoms with Gasteiger partial charge in [0.05, 0.1) is 18.0 Å². The van der Waals surface area contributed by atoms with Crippen LogP contribution in [-0.4, -0.2) is 40.6 Å². The molecule has 1 aliphatic carbocycles. The smallest absolute Gasteiger partial charge is 0.317 e. The number of carboxylic acids is 1. The number of carbonyl (C=O) groups is 2. The molecular formula is C9H14N2O3. The first-order valence-electron chi connectivity index (χ1n) is 4.82. The van der Waals surface area contributed by atoms with Gasteiger partial charge in [-0.25, -0.2) is 4.79 Å². The molecule has 1 atom stereocenters. The second-order valence-electron chi connectivity index (χ2n) is 4.12. The van der Waals surface area contributed by atoms with Crippen LogP contribution in [0.15, 0.2) is 0 Å². The third kappa shape index (κ3) is 1.08. The van der Waals surface area contributed by atoms with Crippen molar-refractivity contribution in [2.75, 3.05) is 7.05 Å². The number of carbonyl (C=O) groups excluding carboxylic acids is 1. The van der Waals surface area contributed by atoms with E-state index in [9.17, 15) is 9.59 Å². The molecule has 5 nitrogen and oxygen atoms in total. The summed E-state index contributed by atoms with van der Waals surface area (Å²) < 4.78 is 0. The Morgan fingerprint density at radius 3 is 2.79 bits per heavy atom. The lowest BCUT2D eigenvalue weighted by atomic mass is 9.70. The van der Waals surface area contributed by atoms with E-state index >= 15 is 0 Å². The molecule has 1 spiro atoms. The molecule has 0 unspecified atom stereocenters. The third-order valence-corrected chi connectivity index (χ3v) is 3.52. The van der Waals surface area contributed by atoms with Gasteiger partial charge in [0, 0.05) is 7.05 Å². The summed E-state index contributed by atoms with van der Waals surface area (Å²) in [7, 11) is 1.75. The predicted molar refractivity (Wildman–Crippen MR) is 48.9 cm³/mol. The summed E-state index contributed by atoms with van der Waals surface area (Å²) in [5.41, 5.74) is -0.213. The normalized spacial score (nSPS) is 28.8. The number of urea groups is 1. The van der Waals surface area contributed by atoms with Gasteiger partial charge >= 0.3 is 12.0 Å². The Kier molecular flexibility index (Phi) is 1.90. The lowest BCUT2D eigenvalue weighted by Gasteiger charge is -2.46.